The van der Waals surface area contributed by atoms with Gasteiger partial charge >= 0.3 is 6.61 Å². The van der Waals surface area contributed by atoms with Crippen LogP contribution < -0.4 is 10.1 Å². The van der Waals surface area contributed by atoms with E-state index in [2.05, 4.69) is 17.0 Å². The zero-order valence-corrected chi connectivity index (χ0v) is 21.1. The van der Waals surface area contributed by atoms with Crippen LogP contribution in [0.15, 0.2) is 24.3 Å². The molecular formula is C26H31F2N3O4S. The fourth-order valence-corrected chi connectivity index (χ4v) is 6.76. The molecule has 5 rings (SSSR count). The van der Waals surface area contributed by atoms with Crippen LogP contribution in [-0.4, -0.2) is 58.5 Å². The standard InChI is InChI=1S/C26H31F2N3O4S/c1-26(9-12-36-15-26)29-23(32)18-5-6-20-21(14-18)31(24(33)16-7-10-34-11-8-16)30-22(20)17-3-2-4-19(13-17)35-25(27)28/h2-4,13,16,18,25H,5-12,14-15H2,1H3,(H,29,32). The van der Waals surface area contributed by atoms with E-state index in [1.165, 1.54) is 16.8 Å². The van der Waals surface area contributed by atoms with Crippen LogP contribution in [-0.2, 0) is 22.4 Å². The number of alkyl halides is 2. The zero-order valence-electron chi connectivity index (χ0n) is 20.3. The SMILES string of the molecule is CC1(NC(=O)C2CCc3c(-c4cccc(OC(F)F)c4)nn(C(=O)C4CCOCC4)c3C2)CCSC1. The highest BCUT2D eigenvalue weighted by atomic mass is 32.2. The lowest BCUT2D eigenvalue weighted by Gasteiger charge is -2.30. The Balaban J connectivity index is 1.47. The molecule has 3 aliphatic rings. The first-order valence-electron chi connectivity index (χ1n) is 12.5. The number of hydrogen-bond donors (Lipinski definition) is 1. The summed E-state index contributed by atoms with van der Waals surface area (Å²) in [5, 5.41) is 7.97. The highest BCUT2D eigenvalue weighted by Crippen LogP contribution is 2.36. The second kappa shape index (κ2) is 10.5. The van der Waals surface area contributed by atoms with Crippen molar-refractivity contribution in [2.24, 2.45) is 11.8 Å². The van der Waals surface area contributed by atoms with Gasteiger partial charge in [0.05, 0.1) is 11.4 Å². The summed E-state index contributed by atoms with van der Waals surface area (Å²) in [4.78, 5) is 26.8. The van der Waals surface area contributed by atoms with Crippen molar-refractivity contribution in [2.75, 3.05) is 24.7 Å². The molecule has 1 aromatic heterocycles. The summed E-state index contributed by atoms with van der Waals surface area (Å²) in [5.74, 6) is 1.45. The summed E-state index contributed by atoms with van der Waals surface area (Å²) in [6.45, 7) is 0.217. The van der Waals surface area contributed by atoms with E-state index in [-0.39, 0.29) is 34.9 Å². The third-order valence-electron chi connectivity index (χ3n) is 7.40. The number of carbonyl (C=O) groups is 2. The van der Waals surface area contributed by atoms with Crippen LogP contribution in [0.2, 0.25) is 0 Å². The maximum atomic E-state index is 13.6. The van der Waals surface area contributed by atoms with Gasteiger partial charge in [-0.1, -0.05) is 12.1 Å². The van der Waals surface area contributed by atoms with Gasteiger partial charge in [-0.15, -0.1) is 0 Å². The summed E-state index contributed by atoms with van der Waals surface area (Å²) < 4.78 is 37.1. The molecule has 2 atom stereocenters. The molecule has 36 heavy (non-hydrogen) atoms. The number of halogens is 2. The van der Waals surface area contributed by atoms with Gasteiger partial charge in [-0.05, 0) is 56.9 Å². The lowest BCUT2D eigenvalue weighted by Crippen LogP contribution is -2.49. The second-order valence-corrected chi connectivity index (χ2v) is 11.2. The van der Waals surface area contributed by atoms with E-state index in [0.717, 1.165) is 29.2 Å². The van der Waals surface area contributed by atoms with Gasteiger partial charge in [-0.2, -0.15) is 25.6 Å². The summed E-state index contributed by atoms with van der Waals surface area (Å²) in [6, 6.07) is 6.41. The van der Waals surface area contributed by atoms with Crippen molar-refractivity contribution in [1.82, 2.24) is 15.1 Å². The van der Waals surface area contributed by atoms with Gasteiger partial charge in [-0.25, -0.2) is 4.68 Å². The molecule has 194 valence electrons. The number of carbonyl (C=O) groups excluding carboxylic acids is 2. The van der Waals surface area contributed by atoms with Crippen LogP contribution in [0.5, 0.6) is 5.75 Å². The molecular weight excluding hydrogens is 488 g/mol. The Bertz CT molecular complexity index is 1130. The Labute approximate surface area is 213 Å². The third kappa shape index (κ3) is 5.29. The third-order valence-corrected chi connectivity index (χ3v) is 8.73. The lowest BCUT2D eigenvalue weighted by atomic mass is 9.84. The largest absolute Gasteiger partial charge is 0.435 e. The van der Waals surface area contributed by atoms with Crippen molar-refractivity contribution in [2.45, 2.75) is 57.6 Å². The lowest BCUT2D eigenvalue weighted by molar-refractivity contribution is -0.126. The van der Waals surface area contributed by atoms with E-state index < -0.39 is 6.61 Å². The van der Waals surface area contributed by atoms with Gasteiger partial charge in [0.1, 0.15) is 5.75 Å². The van der Waals surface area contributed by atoms with Crippen LogP contribution in [0.4, 0.5) is 8.78 Å². The average Bonchev–Trinajstić information content (AvgIpc) is 3.47. The van der Waals surface area contributed by atoms with Crippen molar-refractivity contribution in [3.63, 3.8) is 0 Å². The molecule has 1 aliphatic carbocycles. The van der Waals surface area contributed by atoms with E-state index in [1.807, 2.05) is 11.8 Å². The fourth-order valence-electron chi connectivity index (χ4n) is 5.35. The Hall–Kier alpha value is -2.46. The number of nitrogens with zero attached hydrogens (tertiary/aromatic N) is 2. The summed E-state index contributed by atoms with van der Waals surface area (Å²) in [5.41, 5.74) is 2.65. The minimum Gasteiger partial charge on any atom is -0.435 e. The first-order valence-corrected chi connectivity index (χ1v) is 13.7. The zero-order chi connectivity index (χ0) is 25.3. The Morgan fingerprint density at radius 1 is 1.25 bits per heavy atom. The van der Waals surface area contributed by atoms with Crippen LogP contribution >= 0.6 is 11.8 Å². The van der Waals surface area contributed by atoms with Crippen LogP contribution in [0, 0.1) is 11.8 Å². The molecule has 10 heteroatoms. The van der Waals surface area contributed by atoms with Crippen LogP contribution in [0.1, 0.15) is 48.7 Å². The predicted octanol–water partition coefficient (Wildman–Crippen LogP) is 4.34. The molecule has 2 unspecified atom stereocenters. The van der Waals surface area contributed by atoms with Gasteiger partial charge in [0.25, 0.3) is 0 Å². The molecule has 2 aliphatic heterocycles. The normalized spacial score (nSPS) is 24.5. The van der Waals surface area contributed by atoms with E-state index in [9.17, 15) is 18.4 Å². The second-order valence-electron chi connectivity index (χ2n) is 10.1. The first kappa shape index (κ1) is 25.2. The fraction of sp³-hybridized carbons (Fsp3) is 0.577. The molecule has 1 aromatic carbocycles. The summed E-state index contributed by atoms with van der Waals surface area (Å²) >= 11 is 1.85. The van der Waals surface area contributed by atoms with Crippen LogP contribution in [0.3, 0.4) is 0 Å². The molecule has 2 saturated heterocycles. The van der Waals surface area contributed by atoms with Gasteiger partial charge in [-0.3, -0.25) is 9.59 Å². The topological polar surface area (TPSA) is 82.5 Å². The Morgan fingerprint density at radius 2 is 2.06 bits per heavy atom. The molecule has 0 spiro atoms. The maximum absolute atomic E-state index is 13.6. The minimum absolute atomic E-state index is 0.0193. The minimum atomic E-state index is -2.93. The van der Waals surface area contributed by atoms with Crippen molar-refractivity contribution in [1.29, 1.82) is 0 Å². The number of fused-ring (bicyclic) bond motifs is 1. The molecule has 2 fully saturated rings. The van der Waals surface area contributed by atoms with E-state index in [0.29, 0.717) is 56.6 Å². The Morgan fingerprint density at radius 3 is 2.78 bits per heavy atom. The van der Waals surface area contributed by atoms with E-state index in [4.69, 9.17) is 9.84 Å². The van der Waals surface area contributed by atoms with Crippen molar-refractivity contribution in [3.8, 4) is 17.0 Å². The maximum Gasteiger partial charge on any atom is 0.387 e. The number of nitrogens with one attached hydrogen (secondary N) is 1. The monoisotopic (exact) mass is 519 g/mol. The summed E-state index contributed by atoms with van der Waals surface area (Å²) in [6.07, 6.45) is 3.83. The number of ether oxygens (including phenoxy) is 2. The van der Waals surface area contributed by atoms with E-state index >= 15 is 0 Å². The molecule has 3 heterocycles. The van der Waals surface area contributed by atoms with Crippen LogP contribution in [0.25, 0.3) is 11.3 Å². The number of rotatable bonds is 6. The smallest absolute Gasteiger partial charge is 0.387 e. The molecule has 1 amide bonds. The van der Waals surface area contributed by atoms with Crippen molar-refractivity contribution >= 4 is 23.6 Å². The molecule has 0 bridgehead atoms. The molecule has 0 saturated carbocycles. The summed E-state index contributed by atoms with van der Waals surface area (Å²) in [7, 11) is 0. The molecule has 2 aromatic rings. The van der Waals surface area contributed by atoms with Gasteiger partial charge in [0, 0.05) is 53.9 Å². The quantitative estimate of drug-likeness (QED) is 0.612. The van der Waals surface area contributed by atoms with Gasteiger partial charge < -0.3 is 14.8 Å². The van der Waals surface area contributed by atoms with Crippen molar-refractivity contribution in [3.05, 3.63) is 35.5 Å². The number of thioether (sulfide) groups is 1. The number of amides is 1. The first-order chi connectivity index (χ1) is 17.3. The number of hydrogen-bond acceptors (Lipinski definition) is 6. The van der Waals surface area contributed by atoms with Crippen molar-refractivity contribution < 1.29 is 27.8 Å². The number of benzene rings is 1. The number of aromatic nitrogens is 2. The highest BCUT2D eigenvalue weighted by molar-refractivity contribution is 7.99. The molecule has 7 nitrogen and oxygen atoms in total. The van der Waals surface area contributed by atoms with Gasteiger partial charge in [0.15, 0.2) is 0 Å². The average molecular weight is 520 g/mol. The Kier molecular flexibility index (Phi) is 7.35. The van der Waals surface area contributed by atoms with E-state index in [1.54, 1.807) is 12.1 Å². The highest BCUT2D eigenvalue weighted by Gasteiger charge is 2.37. The molecule has 0 radical (unpaired) electrons. The van der Waals surface area contributed by atoms with Gasteiger partial charge in [0.2, 0.25) is 11.8 Å². The molecule has 1 N–H and O–H groups in total. The predicted molar refractivity (Wildman–Crippen MR) is 132 cm³/mol.